The van der Waals surface area contributed by atoms with Crippen LogP contribution in [-0.4, -0.2) is 15.1 Å². The molecule has 0 fully saturated rings. The van der Waals surface area contributed by atoms with Crippen LogP contribution in [0.2, 0.25) is 0 Å². The fraction of sp³-hybridized carbons (Fsp3) is 0.200. The van der Waals surface area contributed by atoms with Crippen molar-refractivity contribution < 1.29 is 26.2 Å². The molecule has 3 nitrogen and oxygen atoms in total. The van der Waals surface area contributed by atoms with Gasteiger partial charge in [-0.2, -0.15) is 0 Å². The predicted molar refractivity (Wildman–Crippen MR) is 179 cm³/mol. The predicted octanol–water partition coefficient (Wildman–Crippen LogP) is 10.4. The van der Waals surface area contributed by atoms with Gasteiger partial charge in [0.15, 0.2) is 0 Å². The summed E-state index contributed by atoms with van der Waals surface area (Å²) in [4.78, 5) is 9.81. The van der Waals surface area contributed by atoms with Gasteiger partial charge in [0.05, 0.1) is 5.69 Å². The Labute approximate surface area is 275 Å². The monoisotopic (exact) mass is 756 g/mol. The summed E-state index contributed by atoms with van der Waals surface area (Å²) in [7, 11) is 0. The van der Waals surface area contributed by atoms with Crippen LogP contribution in [0.1, 0.15) is 52.7 Å². The van der Waals surface area contributed by atoms with Crippen LogP contribution < -0.4 is 0 Å². The van der Waals surface area contributed by atoms with Crippen LogP contribution in [0.3, 0.4) is 0 Å². The number of rotatable bonds is 4. The summed E-state index contributed by atoms with van der Waals surface area (Å²) in [5.74, 6) is 0.204. The SMILES string of the molecule is CC(C)(C)c1cc(-c2cc(-c3[c-]c(-c4cc5ccccc5cn4)ccc3)nc(-c3ccccc3O)c2)cc(C(C)(C)C)c1.[Pt]. The third-order valence-corrected chi connectivity index (χ3v) is 7.98. The number of aromatic hydroxyl groups is 1. The molecule has 1 N–H and O–H groups in total. The van der Waals surface area contributed by atoms with Crippen molar-refractivity contribution in [2.24, 2.45) is 0 Å². The molecule has 224 valence electrons. The Morgan fingerprint density at radius 3 is 1.80 bits per heavy atom. The Morgan fingerprint density at radius 2 is 1.14 bits per heavy atom. The molecule has 0 aliphatic carbocycles. The van der Waals surface area contributed by atoms with Crippen molar-refractivity contribution in [2.45, 2.75) is 52.4 Å². The Hall–Kier alpha value is -4.07. The van der Waals surface area contributed by atoms with Gasteiger partial charge in [-0.25, -0.2) is 0 Å². The van der Waals surface area contributed by atoms with Gasteiger partial charge >= 0.3 is 0 Å². The van der Waals surface area contributed by atoms with Gasteiger partial charge in [0.1, 0.15) is 5.75 Å². The number of pyridine rings is 2. The summed E-state index contributed by atoms with van der Waals surface area (Å²) in [5, 5.41) is 13.1. The van der Waals surface area contributed by atoms with Crippen molar-refractivity contribution in [3.8, 4) is 50.6 Å². The number of para-hydroxylation sites is 1. The zero-order chi connectivity index (χ0) is 30.4. The van der Waals surface area contributed by atoms with E-state index < -0.39 is 0 Å². The minimum absolute atomic E-state index is 0. The smallest absolute Gasteiger partial charge is 0.124 e. The molecule has 0 amide bonds. The summed E-state index contributed by atoms with van der Waals surface area (Å²) in [5.41, 5.74) is 9.56. The summed E-state index contributed by atoms with van der Waals surface area (Å²) in [6.07, 6.45) is 1.91. The molecule has 0 spiro atoms. The minimum atomic E-state index is -0.0125. The summed E-state index contributed by atoms with van der Waals surface area (Å²) >= 11 is 0. The second-order valence-corrected chi connectivity index (χ2v) is 13.3. The second-order valence-electron chi connectivity index (χ2n) is 13.3. The number of phenols is 1. The average Bonchev–Trinajstić information content (AvgIpc) is 3.00. The van der Waals surface area contributed by atoms with Crippen molar-refractivity contribution in [1.29, 1.82) is 0 Å². The third kappa shape index (κ3) is 6.54. The van der Waals surface area contributed by atoms with Gasteiger partial charge in [-0.05, 0) is 62.1 Å². The Morgan fingerprint density at radius 1 is 0.568 bits per heavy atom. The minimum Gasteiger partial charge on any atom is -0.507 e. The quantitative estimate of drug-likeness (QED) is 0.182. The van der Waals surface area contributed by atoms with Crippen LogP contribution in [0.5, 0.6) is 5.75 Å². The van der Waals surface area contributed by atoms with Crippen molar-refractivity contribution in [1.82, 2.24) is 9.97 Å². The molecule has 44 heavy (non-hydrogen) atoms. The van der Waals surface area contributed by atoms with E-state index in [0.29, 0.717) is 11.3 Å². The van der Waals surface area contributed by atoms with Gasteiger partial charge < -0.3 is 5.11 Å². The van der Waals surface area contributed by atoms with E-state index in [1.165, 1.54) is 11.1 Å². The normalized spacial score (nSPS) is 11.8. The number of fused-ring (bicyclic) bond motifs is 1. The van der Waals surface area contributed by atoms with Gasteiger partial charge in [-0.3, -0.25) is 9.97 Å². The van der Waals surface area contributed by atoms with Crippen LogP contribution in [0.4, 0.5) is 0 Å². The fourth-order valence-electron chi connectivity index (χ4n) is 5.32. The number of benzene rings is 4. The molecule has 4 heteroatoms. The Kier molecular flexibility index (Phi) is 8.65. The molecule has 6 aromatic rings. The van der Waals surface area contributed by atoms with Gasteiger partial charge in [-0.1, -0.05) is 119 Å². The van der Waals surface area contributed by atoms with Gasteiger partial charge in [0.25, 0.3) is 0 Å². The van der Waals surface area contributed by atoms with Crippen molar-refractivity contribution in [3.63, 3.8) is 0 Å². The zero-order valence-electron chi connectivity index (χ0n) is 26.1. The Balaban J connectivity index is 0.00000384. The first-order valence-corrected chi connectivity index (χ1v) is 14.8. The molecule has 2 heterocycles. The van der Waals surface area contributed by atoms with E-state index in [2.05, 4.69) is 96.1 Å². The Bertz CT molecular complexity index is 1930. The molecular weight excluding hydrogens is 720 g/mol. The van der Waals surface area contributed by atoms with Crippen LogP contribution in [0, 0.1) is 6.07 Å². The topological polar surface area (TPSA) is 46.0 Å². The first kappa shape index (κ1) is 31.4. The van der Waals surface area contributed by atoms with E-state index >= 15 is 0 Å². The van der Waals surface area contributed by atoms with Crippen LogP contribution in [0.25, 0.3) is 55.7 Å². The number of nitrogens with zero attached hydrogens (tertiary/aromatic N) is 2. The van der Waals surface area contributed by atoms with E-state index in [0.717, 1.165) is 44.4 Å². The zero-order valence-corrected chi connectivity index (χ0v) is 28.3. The number of aromatic nitrogens is 2. The van der Waals surface area contributed by atoms with Gasteiger partial charge in [0, 0.05) is 44.2 Å². The molecule has 0 aliphatic heterocycles. The molecular formula is C40H37N2OPt-. The van der Waals surface area contributed by atoms with Crippen LogP contribution in [-0.2, 0) is 31.9 Å². The largest absolute Gasteiger partial charge is 0.507 e. The number of phenolic OH excluding ortho intramolecular Hbond substituents is 1. The molecule has 4 aromatic carbocycles. The first-order valence-electron chi connectivity index (χ1n) is 14.8. The molecule has 0 saturated carbocycles. The standard InChI is InChI=1S/C40H37N2O.Pt/c1-39(2,3)32-19-30(20-33(24-32)40(4,5)6)31-22-36(42-37(23-31)34-16-9-10-17-38(34)43)28-15-11-14-27(18-28)35-21-26-12-7-8-13-29(26)25-41-35;/h7-17,19-25,43H,1-6H3;/q-1;. The summed E-state index contributed by atoms with van der Waals surface area (Å²) in [6, 6.07) is 38.6. The molecule has 0 radical (unpaired) electrons. The van der Waals surface area contributed by atoms with Gasteiger partial charge in [0.2, 0.25) is 0 Å². The molecule has 0 bridgehead atoms. The van der Waals surface area contributed by atoms with Crippen molar-refractivity contribution in [2.75, 3.05) is 0 Å². The average molecular weight is 757 g/mol. The van der Waals surface area contributed by atoms with Gasteiger partial charge in [-0.15, -0.1) is 24.3 Å². The second kappa shape index (κ2) is 12.1. The van der Waals surface area contributed by atoms with Crippen molar-refractivity contribution >= 4 is 10.8 Å². The maximum atomic E-state index is 10.8. The fourth-order valence-corrected chi connectivity index (χ4v) is 5.32. The first-order chi connectivity index (χ1) is 20.5. The number of hydrogen-bond acceptors (Lipinski definition) is 3. The van der Waals surface area contributed by atoms with E-state index in [1.54, 1.807) is 6.07 Å². The van der Waals surface area contributed by atoms with Crippen LogP contribution in [0.15, 0.2) is 109 Å². The van der Waals surface area contributed by atoms with E-state index in [9.17, 15) is 5.11 Å². The molecule has 0 atom stereocenters. The molecule has 0 unspecified atom stereocenters. The maximum absolute atomic E-state index is 10.8. The molecule has 6 rings (SSSR count). The third-order valence-electron chi connectivity index (χ3n) is 7.98. The van der Waals surface area contributed by atoms with E-state index in [-0.39, 0.29) is 37.6 Å². The summed E-state index contributed by atoms with van der Waals surface area (Å²) < 4.78 is 0. The van der Waals surface area contributed by atoms with Crippen LogP contribution >= 0.6 is 0 Å². The number of hydrogen-bond donors (Lipinski definition) is 1. The molecule has 2 aromatic heterocycles. The maximum Gasteiger partial charge on any atom is 0.124 e. The molecule has 0 saturated heterocycles. The van der Waals surface area contributed by atoms with E-state index in [4.69, 9.17) is 9.97 Å². The summed E-state index contributed by atoms with van der Waals surface area (Å²) in [6.45, 7) is 13.5. The van der Waals surface area contributed by atoms with E-state index in [1.807, 2.05) is 54.7 Å². The van der Waals surface area contributed by atoms with Crippen molar-refractivity contribution in [3.05, 3.63) is 127 Å². The molecule has 0 aliphatic rings.